The van der Waals surface area contributed by atoms with Crippen molar-refractivity contribution in [2.45, 2.75) is 6.42 Å². The summed E-state index contributed by atoms with van der Waals surface area (Å²) >= 11 is 0. The van der Waals surface area contributed by atoms with E-state index in [4.69, 9.17) is 10.5 Å². The highest BCUT2D eigenvalue weighted by molar-refractivity contribution is 5.20. The number of ether oxygens (including phenoxy) is 1. The fourth-order valence-electron chi connectivity index (χ4n) is 0.817. The second kappa shape index (κ2) is 4.44. The van der Waals surface area contributed by atoms with Crippen molar-refractivity contribution in [3.8, 4) is 5.75 Å². The summed E-state index contributed by atoms with van der Waals surface area (Å²) in [5.41, 5.74) is 6.04. The molecular formula is C10H13NO. The first-order valence-electron chi connectivity index (χ1n) is 3.90. The van der Waals surface area contributed by atoms with Crippen LogP contribution in [-0.2, 0) is 0 Å². The summed E-state index contributed by atoms with van der Waals surface area (Å²) in [6, 6.07) is 9.66. The fourth-order valence-corrected chi connectivity index (χ4v) is 0.817. The van der Waals surface area contributed by atoms with Crippen molar-refractivity contribution < 1.29 is 4.74 Å². The summed E-state index contributed by atoms with van der Waals surface area (Å²) in [5.74, 6) is 0.874. The van der Waals surface area contributed by atoms with Gasteiger partial charge >= 0.3 is 0 Å². The van der Waals surface area contributed by atoms with E-state index in [9.17, 15) is 0 Å². The van der Waals surface area contributed by atoms with E-state index in [1.165, 1.54) is 0 Å². The Balaban J connectivity index is 2.29. The number of rotatable bonds is 4. The summed E-state index contributed by atoms with van der Waals surface area (Å²) in [6.07, 6.45) is 0.703. The highest BCUT2D eigenvalue weighted by Crippen LogP contribution is 2.08. The Morgan fingerprint density at radius 2 is 2.00 bits per heavy atom. The molecule has 0 aliphatic carbocycles. The van der Waals surface area contributed by atoms with Crippen LogP contribution >= 0.6 is 0 Å². The largest absolute Gasteiger partial charge is 0.493 e. The average molecular weight is 163 g/mol. The van der Waals surface area contributed by atoms with Crippen molar-refractivity contribution in [1.29, 1.82) is 0 Å². The van der Waals surface area contributed by atoms with Crippen molar-refractivity contribution in [2.24, 2.45) is 5.73 Å². The molecule has 0 amide bonds. The molecule has 0 atom stereocenters. The predicted molar refractivity (Wildman–Crippen MR) is 49.9 cm³/mol. The van der Waals surface area contributed by atoms with Crippen LogP contribution in [0.2, 0.25) is 0 Å². The van der Waals surface area contributed by atoms with Crippen molar-refractivity contribution in [3.05, 3.63) is 42.6 Å². The number of nitrogens with two attached hydrogens (primary N) is 1. The van der Waals surface area contributed by atoms with Crippen molar-refractivity contribution >= 4 is 0 Å². The first kappa shape index (κ1) is 8.65. The molecule has 0 heterocycles. The van der Waals surface area contributed by atoms with E-state index in [0.29, 0.717) is 18.7 Å². The van der Waals surface area contributed by atoms with Crippen LogP contribution in [0.5, 0.6) is 5.75 Å². The van der Waals surface area contributed by atoms with Crippen LogP contribution in [0.4, 0.5) is 0 Å². The molecule has 0 unspecified atom stereocenters. The maximum Gasteiger partial charge on any atom is 0.119 e. The van der Waals surface area contributed by atoms with E-state index in [0.717, 1.165) is 5.75 Å². The Hall–Kier alpha value is -1.44. The van der Waals surface area contributed by atoms with Crippen LogP contribution in [0.3, 0.4) is 0 Å². The average Bonchev–Trinajstić information content (AvgIpc) is 2.05. The molecule has 12 heavy (non-hydrogen) atoms. The first-order valence-corrected chi connectivity index (χ1v) is 3.90. The third-order valence-corrected chi connectivity index (χ3v) is 1.44. The molecule has 0 fully saturated rings. The van der Waals surface area contributed by atoms with Crippen molar-refractivity contribution in [1.82, 2.24) is 0 Å². The van der Waals surface area contributed by atoms with Crippen LogP contribution < -0.4 is 10.5 Å². The molecule has 1 aromatic carbocycles. The van der Waals surface area contributed by atoms with Gasteiger partial charge in [-0.1, -0.05) is 24.8 Å². The Kier molecular flexibility index (Phi) is 3.20. The Bertz CT molecular complexity index is 243. The second-order valence-corrected chi connectivity index (χ2v) is 2.57. The third kappa shape index (κ3) is 3.10. The molecule has 2 nitrogen and oxygen atoms in total. The molecule has 0 radical (unpaired) electrons. The van der Waals surface area contributed by atoms with Gasteiger partial charge in [0.05, 0.1) is 6.61 Å². The fraction of sp³-hybridized carbons (Fsp3) is 0.200. The lowest BCUT2D eigenvalue weighted by Crippen LogP contribution is -2.03. The normalized spacial score (nSPS) is 9.33. The van der Waals surface area contributed by atoms with E-state index < -0.39 is 0 Å². The molecule has 0 aliphatic heterocycles. The van der Waals surface area contributed by atoms with Gasteiger partial charge in [0.1, 0.15) is 5.75 Å². The standard InChI is InChI=1S/C10H13NO/c1-9(11)7-8-12-10-5-3-2-4-6-10/h2-6H,1,7-8,11H2. The molecular weight excluding hydrogens is 150 g/mol. The quantitative estimate of drug-likeness (QED) is 0.736. The van der Waals surface area contributed by atoms with Crippen LogP contribution in [0.25, 0.3) is 0 Å². The van der Waals surface area contributed by atoms with Crippen LogP contribution in [0.1, 0.15) is 6.42 Å². The lowest BCUT2D eigenvalue weighted by atomic mass is 10.3. The van der Waals surface area contributed by atoms with Crippen LogP contribution in [0, 0.1) is 0 Å². The maximum absolute atomic E-state index is 5.38. The lowest BCUT2D eigenvalue weighted by Gasteiger charge is -2.04. The van der Waals surface area contributed by atoms with E-state index in [-0.39, 0.29) is 0 Å². The molecule has 0 aromatic heterocycles. The zero-order chi connectivity index (χ0) is 8.81. The number of benzene rings is 1. The number of hydrogen-bond donors (Lipinski definition) is 1. The summed E-state index contributed by atoms with van der Waals surface area (Å²) in [7, 11) is 0. The maximum atomic E-state index is 5.38. The molecule has 0 bridgehead atoms. The smallest absolute Gasteiger partial charge is 0.119 e. The minimum absolute atomic E-state index is 0.597. The minimum atomic E-state index is 0.597. The highest BCUT2D eigenvalue weighted by atomic mass is 16.5. The molecule has 1 rings (SSSR count). The molecule has 2 heteroatoms. The summed E-state index contributed by atoms with van der Waals surface area (Å²) in [5, 5.41) is 0. The Morgan fingerprint density at radius 3 is 2.58 bits per heavy atom. The lowest BCUT2D eigenvalue weighted by molar-refractivity contribution is 0.321. The van der Waals surface area contributed by atoms with E-state index in [1.807, 2.05) is 30.3 Å². The molecule has 0 saturated carbocycles. The second-order valence-electron chi connectivity index (χ2n) is 2.57. The summed E-state index contributed by atoms with van der Waals surface area (Å²) < 4.78 is 5.38. The Labute approximate surface area is 72.7 Å². The van der Waals surface area contributed by atoms with Gasteiger partial charge in [-0.2, -0.15) is 0 Å². The summed E-state index contributed by atoms with van der Waals surface area (Å²) in [6.45, 7) is 4.18. The highest BCUT2D eigenvalue weighted by Gasteiger charge is 1.90. The van der Waals surface area contributed by atoms with Crippen LogP contribution in [0.15, 0.2) is 42.6 Å². The SMILES string of the molecule is C=C(N)CCOc1ccccc1. The van der Waals surface area contributed by atoms with Gasteiger partial charge < -0.3 is 10.5 Å². The van der Waals surface area contributed by atoms with Crippen LogP contribution in [-0.4, -0.2) is 6.61 Å². The van der Waals surface area contributed by atoms with Gasteiger partial charge in [0.2, 0.25) is 0 Å². The topological polar surface area (TPSA) is 35.2 Å². The van der Waals surface area contributed by atoms with Gasteiger partial charge in [-0.3, -0.25) is 0 Å². The minimum Gasteiger partial charge on any atom is -0.493 e. The zero-order valence-electron chi connectivity index (χ0n) is 6.99. The molecule has 2 N–H and O–H groups in total. The van der Waals surface area contributed by atoms with E-state index >= 15 is 0 Å². The Morgan fingerprint density at radius 1 is 1.33 bits per heavy atom. The number of hydrogen-bond acceptors (Lipinski definition) is 2. The molecule has 0 spiro atoms. The van der Waals surface area contributed by atoms with Gasteiger partial charge in [-0.05, 0) is 12.1 Å². The number of para-hydroxylation sites is 1. The van der Waals surface area contributed by atoms with Crippen molar-refractivity contribution in [2.75, 3.05) is 6.61 Å². The van der Waals surface area contributed by atoms with E-state index in [1.54, 1.807) is 0 Å². The monoisotopic (exact) mass is 163 g/mol. The molecule has 1 aromatic rings. The first-order chi connectivity index (χ1) is 5.79. The van der Waals surface area contributed by atoms with Gasteiger partial charge in [0.15, 0.2) is 0 Å². The van der Waals surface area contributed by atoms with Crippen molar-refractivity contribution in [3.63, 3.8) is 0 Å². The zero-order valence-corrected chi connectivity index (χ0v) is 6.99. The van der Waals surface area contributed by atoms with Gasteiger partial charge in [-0.15, -0.1) is 0 Å². The van der Waals surface area contributed by atoms with Gasteiger partial charge in [0.25, 0.3) is 0 Å². The predicted octanol–water partition coefficient (Wildman–Crippen LogP) is 1.93. The molecule has 64 valence electrons. The van der Waals surface area contributed by atoms with Gasteiger partial charge in [0, 0.05) is 12.1 Å². The summed E-state index contributed by atoms with van der Waals surface area (Å²) in [4.78, 5) is 0. The molecule has 0 aliphatic rings. The third-order valence-electron chi connectivity index (χ3n) is 1.44. The van der Waals surface area contributed by atoms with Gasteiger partial charge in [-0.25, -0.2) is 0 Å². The van der Waals surface area contributed by atoms with E-state index in [2.05, 4.69) is 6.58 Å². The molecule has 0 saturated heterocycles.